The molecule has 2 aromatic heterocycles. The molecule has 0 spiro atoms. The van der Waals surface area contributed by atoms with Crippen LogP contribution in [-0.4, -0.2) is 31.4 Å². The van der Waals surface area contributed by atoms with Gasteiger partial charge in [-0.3, -0.25) is 14.6 Å². The highest BCUT2D eigenvalue weighted by Gasteiger charge is 2.14. The number of aliphatic carboxylic acids is 1. The van der Waals surface area contributed by atoms with Gasteiger partial charge in [-0.25, -0.2) is 0 Å². The molecule has 0 aliphatic carbocycles. The molecule has 0 bridgehead atoms. The second-order valence-electron chi connectivity index (χ2n) is 4.07. The first-order valence-corrected chi connectivity index (χ1v) is 6.91. The highest BCUT2D eigenvalue weighted by atomic mass is 32.2. The van der Waals surface area contributed by atoms with Gasteiger partial charge in [-0.15, -0.1) is 0 Å². The largest absolute Gasteiger partial charge is 0.481 e. The fourth-order valence-electron chi connectivity index (χ4n) is 1.69. The van der Waals surface area contributed by atoms with Crippen molar-refractivity contribution >= 4 is 17.7 Å². The molecule has 2 aromatic rings. The molecule has 0 aliphatic heterocycles. The van der Waals surface area contributed by atoms with Crippen molar-refractivity contribution in [3.8, 4) is 0 Å². The van der Waals surface area contributed by atoms with Crippen LogP contribution in [0.4, 0.5) is 0 Å². The molecular weight excluding hydrogens is 278 g/mol. The fourth-order valence-corrected chi connectivity index (χ4v) is 2.47. The molecule has 1 unspecified atom stereocenters. The van der Waals surface area contributed by atoms with Crippen LogP contribution in [0, 0.1) is 0 Å². The molecule has 0 saturated carbocycles. The van der Waals surface area contributed by atoms with E-state index < -0.39 is 5.97 Å². The van der Waals surface area contributed by atoms with Gasteiger partial charge in [0.25, 0.3) is 5.56 Å². The third kappa shape index (κ3) is 3.45. The normalized spacial score (nSPS) is 12.1. The lowest BCUT2D eigenvalue weighted by molar-refractivity contribution is -0.133. The third-order valence-corrected chi connectivity index (χ3v) is 3.61. The Hall–Kier alpha value is -2.15. The zero-order chi connectivity index (χ0) is 14.5. The zero-order valence-corrected chi connectivity index (χ0v) is 11.6. The predicted molar refractivity (Wildman–Crippen MR) is 74.9 cm³/mol. The molecule has 7 heteroatoms. The van der Waals surface area contributed by atoms with Gasteiger partial charge in [-0.2, -0.15) is 4.98 Å². The Bertz CT molecular complexity index is 657. The molecule has 104 valence electrons. The number of hydrogen-bond donors (Lipinski definition) is 1. The van der Waals surface area contributed by atoms with Crippen LogP contribution in [0.2, 0.25) is 0 Å². The molecule has 2 heterocycles. The molecule has 0 fully saturated rings. The summed E-state index contributed by atoms with van der Waals surface area (Å²) in [5.41, 5.74) is 0.428. The van der Waals surface area contributed by atoms with E-state index in [9.17, 15) is 9.59 Å². The quantitative estimate of drug-likeness (QED) is 0.662. The van der Waals surface area contributed by atoms with Gasteiger partial charge in [0.15, 0.2) is 5.16 Å². The summed E-state index contributed by atoms with van der Waals surface area (Å²) in [5.74, 6) is -1.10. The SMILES string of the molecule is CC(c1ccccn1)n1ccc(=O)nc1SCC(=O)O. The molecule has 0 aromatic carbocycles. The van der Waals surface area contributed by atoms with Crippen molar-refractivity contribution in [1.29, 1.82) is 0 Å². The maximum absolute atomic E-state index is 11.3. The fraction of sp³-hybridized carbons (Fsp3) is 0.231. The number of hydrogen-bond acceptors (Lipinski definition) is 5. The molecule has 0 aliphatic rings. The number of thioether (sulfide) groups is 1. The van der Waals surface area contributed by atoms with E-state index in [2.05, 4.69) is 9.97 Å². The van der Waals surface area contributed by atoms with Gasteiger partial charge in [0.05, 0.1) is 17.5 Å². The van der Waals surface area contributed by atoms with Gasteiger partial charge in [-0.05, 0) is 19.1 Å². The van der Waals surface area contributed by atoms with Crippen molar-refractivity contribution in [2.24, 2.45) is 0 Å². The molecule has 2 rings (SSSR count). The van der Waals surface area contributed by atoms with Crippen molar-refractivity contribution in [2.45, 2.75) is 18.1 Å². The van der Waals surface area contributed by atoms with Gasteiger partial charge >= 0.3 is 5.97 Å². The monoisotopic (exact) mass is 291 g/mol. The number of carboxylic acid groups (broad SMARTS) is 1. The molecular formula is C13H13N3O3S. The average Bonchev–Trinajstić information content (AvgIpc) is 2.45. The summed E-state index contributed by atoms with van der Waals surface area (Å²) < 4.78 is 1.75. The number of pyridine rings is 1. The highest BCUT2D eigenvalue weighted by molar-refractivity contribution is 7.99. The van der Waals surface area contributed by atoms with E-state index in [0.717, 1.165) is 17.5 Å². The van der Waals surface area contributed by atoms with Gasteiger partial charge in [0.2, 0.25) is 0 Å². The summed E-state index contributed by atoms with van der Waals surface area (Å²) in [6.45, 7) is 1.92. The maximum Gasteiger partial charge on any atom is 0.313 e. The standard InChI is InChI=1S/C13H13N3O3S/c1-9(10-4-2-3-6-14-10)16-7-5-11(17)15-13(16)20-8-12(18)19/h2-7,9H,8H2,1H3,(H,18,19). The second kappa shape index (κ2) is 6.33. The molecule has 0 amide bonds. The van der Waals surface area contributed by atoms with E-state index in [1.165, 1.54) is 6.07 Å². The molecule has 20 heavy (non-hydrogen) atoms. The first-order chi connectivity index (χ1) is 9.58. The summed E-state index contributed by atoms with van der Waals surface area (Å²) >= 11 is 1.02. The summed E-state index contributed by atoms with van der Waals surface area (Å²) in [4.78, 5) is 30.1. The average molecular weight is 291 g/mol. The van der Waals surface area contributed by atoms with Crippen LogP contribution < -0.4 is 5.56 Å². The van der Waals surface area contributed by atoms with Crippen LogP contribution in [0.1, 0.15) is 18.7 Å². The first kappa shape index (κ1) is 14.3. The maximum atomic E-state index is 11.3. The molecule has 0 saturated heterocycles. The third-order valence-electron chi connectivity index (χ3n) is 2.66. The van der Waals surface area contributed by atoms with Crippen LogP contribution in [-0.2, 0) is 4.79 Å². The van der Waals surface area contributed by atoms with Gasteiger partial charge < -0.3 is 9.67 Å². The van der Waals surface area contributed by atoms with Gasteiger partial charge in [0.1, 0.15) is 0 Å². The first-order valence-electron chi connectivity index (χ1n) is 5.92. The lowest BCUT2D eigenvalue weighted by Crippen LogP contribution is -2.18. The minimum absolute atomic E-state index is 0.138. The van der Waals surface area contributed by atoms with E-state index in [1.54, 1.807) is 17.0 Å². The second-order valence-corrected chi connectivity index (χ2v) is 5.01. The lowest BCUT2D eigenvalue weighted by atomic mass is 10.2. The number of nitrogens with zero attached hydrogens (tertiary/aromatic N) is 3. The molecule has 1 atom stereocenters. The Morgan fingerprint density at radius 1 is 1.45 bits per heavy atom. The van der Waals surface area contributed by atoms with E-state index in [4.69, 9.17) is 5.11 Å². The minimum Gasteiger partial charge on any atom is -0.481 e. The van der Waals surface area contributed by atoms with Crippen LogP contribution in [0.5, 0.6) is 0 Å². The van der Waals surface area contributed by atoms with Gasteiger partial charge in [0, 0.05) is 18.5 Å². The number of carbonyl (C=O) groups is 1. The van der Waals surface area contributed by atoms with Crippen LogP contribution >= 0.6 is 11.8 Å². The topological polar surface area (TPSA) is 85.1 Å². The van der Waals surface area contributed by atoms with E-state index in [-0.39, 0.29) is 17.4 Å². The van der Waals surface area contributed by atoms with Crippen LogP contribution in [0.3, 0.4) is 0 Å². The minimum atomic E-state index is -0.954. The predicted octanol–water partition coefficient (Wildman–Crippen LogP) is 1.42. The van der Waals surface area contributed by atoms with Crippen molar-refractivity contribution in [3.63, 3.8) is 0 Å². The Labute approximate surface area is 119 Å². The van der Waals surface area contributed by atoms with E-state index >= 15 is 0 Å². The number of carboxylic acids is 1. The van der Waals surface area contributed by atoms with Gasteiger partial charge in [-0.1, -0.05) is 17.8 Å². The molecule has 1 N–H and O–H groups in total. The van der Waals surface area contributed by atoms with Crippen molar-refractivity contribution in [2.75, 3.05) is 5.75 Å². The Morgan fingerprint density at radius 2 is 2.25 bits per heavy atom. The van der Waals surface area contributed by atoms with Crippen molar-refractivity contribution in [1.82, 2.24) is 14.5 Å². The summed E-state index contributed by atoms with van der Waals surface area (Å²) in [7, 11) is 0. The van der Waals surface area contributed by atoms with E-state index in [1.807, 2.05) is 25.1 Å². The highest BCUT2D eigenvalue weighted by Crippen LogP contribution is 2.21. The summed E-state index contributed by atoms with van der Waals surface area (Å²) in [6, 6.07) is 6.78. The molecule has 6 nitrogen and oxygen atoms in total. The Balaban J connectivity index is 2.35. The smallest absolute Gasteiger partial charge is 0.313 e. The van der Waals surface area contributed by atoms with E-state index in [0.29, 0.717) is 5.16 Å². The summed E-state index contributed by atoms with van der Waals surface area (Å²) in [5, 5.41) is 9.12. The lowest BCUT2D eigenvalue weighted by Gasteiger charge is -2.18. The molecule has 0 radical (unpaired) electrons. The van der Waals surface area contributed by atoms with Crippen LogP contribution in [0.15, 0.2) is 46.6 Å². The number of rotatable bonds is 5. The Morgan fingerprint density at radius 3 is 2.90 bits per heavy atom. The van der Waals surface area contributed by atoms with Crippen LogP contribution in [0.25, 0.3) is 0 Å². The Kier molecular flexibility index (Phi) is 4.52. The zero-order valence-electron chi connectivity index (χ0n) is 10.8. The van der Waals surface area contributed by atoms with Crippen molar-refractivity contribution < 1.29 is 9.90 Å². The number of aromatic nitrogens is 3. The summed E-state index contributed by atoms with van der Waals surface area (Å²) in [6.07, 6.45) is 3.30. The van der Waals surface area contributed by atoms with Crippen molar-refractivity contribution in [3.05, 3.63) is 52.7 Å².